The molecule has 0 amide bonds. The topological polar surface area (TPSA) is 61.4 Å². The van der Waals surface area contributed by atoms with Gasteiger partial charge in [0.15, 0.2) is 5.96 Å². The molecule has 0 aromatic rings. The van der Waals surface area contributed by atoms with Gasteiger partial charge in [0, 0.05) is 66.2 Å². The van der Waals surface area contributed by atoms with Crippen LogP contribution in [-0.4, -0.2) is 102 Å². The monoisotopic (exact) mass is 497 g/mol. The third kappa shape index (κ3) is 11.4. The van der Waals surface area contributed by atoms with Gasteiger partial charge in [0.05, 0.1) is 0 Å². The summed E-state index contributed by atoms with van der Waals surface area (Å²) < 4.78 is 11.2. The first-order chi connectivity index (χ1) is 12.8. The SMILES string of the molecule is CN=C(NCCCOCC1CCOCC1)NCCN1CCCN(C)CC1.I. The van der Waals surface area contributed by atoms with E-state index in [2.05, 4.69) is 32.5 Å². The molecule has 2 aliphatic rings. The highest BCUT2D eigenvalue weighted by Gasteiger charge is 2.13. The quantitative estimate of drug-likeness (QED) is 0.217. The van der Waals surface area contributed by atoms with Crippen molar-refractivity contribution in [1.82, 2.24) is 20.4 Å². The van der Waals surface area contributed by atoms with Crippen LogP contribution in [0, 0.1) is 5.92 Å². The maximum Gasteiger partial charge on any atom is 0.191 e. The zero-order valence-electron chi connectivity index (χ0n) is 17.3. The van der Waals surface area contributed by atoms with Crippen molar-refractivity contribution < 1.29 is 9.47 Å². The van der Waals surface area contributed by atoms with Gasteiger partial charge in [-0.05, 0) is 51.7 Å². The number of aliphatic imine (C=N–C) groups is 1. The van der Waals surface area contributed by atoms with Gasteiger partial charge in [-0.3, -0.25) is 4.99 Å². The Morgan fingerprint density at radius 3 is 2.67 bits per heavy atom. The van der Waals surface area contributed by atoms with Crippen molar-refractivity contribution in [3.63, 3.8) is 0 Å². The Kier molecular flexibility index (Phi) is 14.5. The molecule has 8 heteroatoms. The molecule has 0 aromatic heterocycles. The fourth-order valence-electron chi connectivity index (χ4n) is 3.42. The van der Waals surface area contributed by atoms with Crippen LogP contribution in [-0.2, 0) is 9.47 Å². The van der Waals surface area contributed by atoms with Crippen LogP contribution in [0.15, 0.2) is 4.99 Å². The molecule has 160 valence electrons. The van der Waals surface area contributed by atoms with Crippen LogP contribution >= 0.6 is 24.0 Å². The van der Waals surface area contributed by atoms with Crippen LogP contribution in [0.1, 0.15) is 25.7 Å². The van der Waals surface area contributed by atoms with Gasteiger partial charge in [-0.15, -0.1) is 24.0 Å². The van der Waals surface area contributed by atoms with Crippen LogP contribution in [0.5, 0.6) is 0 Å². The Bertz CT molecular complexity index is 394. The van der Waals surface area contributed by atoms with Gasteiger partial charge in [0.1, 0.15) is 0 Å². The molecule has 0 saturated carbocycles. The highest BCUT2D eigenvalue weighted by atomic mass is 127. The van der Waals surface area contributed by atoms with E-state index in [-0.39, 0.29) is 24.0 Å². The van der Waals surface area contributed by atoms with Gasteiger partial charge in [-0.1, -0.05) is 0 Å². The summed E-state index contributed by atoms with van der Waals surface area (Å²) in [6.45, 7) is 11.1. The average molecular weight is 497 g/mol. The predicted octanol–water partition coefficient (Wildman–Crippen LogP) is 1.24. The van der Waals surface area contributed by atoms with Gasteiger partial charge in [0.2, 0.25) is 0 Å². The summed E-state index contributed by atoms with van der Waals surface area (Å²) >= 11 is 0. The van der Waals surface area contributed by atoms with Crippen molar-refractivity contribution in [2.75, 3.05) is 86.3 Å². The fourth-order valence-corrected chi connectivity index (χ4v) is 3.42. The Hall–Kier alpha value is -0.160. The summed E-state index contributed by atoms with van der Waals surface area (Å²) in [6, 6.07) is 0. The first-order valence-corrected chi connectivity index (χ1v) is 10.3. The molecule has 2 rings (SSSR count). The number of rotatable bonds is 9. The molecule has 2 heterocycles. The average Bonchev–Trinajstić information content (AvgIpc) is 2.88. The number of likely N-dealkylation sites (N-methyl/N-ethyl adjacent to an activating group) is 1. The van der Waals surface area contributed by atoms with E-state index in [9.17, 15) is 0 Å². The van der Waals surface area contributed by atoms with Crippen LogP contribution in [0.2, 0.25) is 0 Å². The first kappa shape index (κ1) is 24.9. The number of nitrogens with zero attached hydrogens (tertiary/aromatic N) is 3. The second kappa shape index (κ2) is 15.7. The predicted molar refractivity (Wildman–Crippen MR) is 122 cm³/mol. The van der Waals surface area contributed by atoms with Crippen molar-refractivity contribution in [2.45, 2.75) is 25.7 Å². The van der Waals surface area contributed by atoms with E-state index in [1.807, 2.05) is 7.05 Å². The van der Waals surface area contributed by atoms with Crippen LogP contribution in [0.25, 0.3) is 0 Å². The normalized spacial score (nSPS) is 20.7. The summed E-state index contributed by atoms with van der Waals surface area (Å²) in [5.74, 6) is 1.58. The maximum atomic E-state index is 5.80. The number of halogens is 1. The lowest BCUT2D eigenvalue weighted by Gasteiger charge is -2.22. The van der Waals surface area contributed by atoms with E-state index in [0.29, 0.717) is 5.92 Å². The highest BCUT2D eigenvalue weighted by Crippen LogP contribution is 2.14. The molecule has 2 saturated heterocycles. The van der Waals surface area contributed by atoms with Gasteiger partial charge < -0.3 is 29.9 Å². The molecule has 0 radical (unpaired) electrons. The summed E-state index contributed by atoms with van der Waals surface area (Å²) in [6.07, 6.45) is 4.55. The van der Waals surface area contributed by atoms with Crippen LogP contribution in [0.4, 0.5) is 0 Å². The van der Waals surface area contributed by atoms with Crippen molar-refractivity contribution >= 4 is 29.9 Å². The lowest BCUT2D eigenvalue weighted by atomic mass is 10.0. The Labute approximate surface area is 182 Å². The molecule has 2 aliphatic heterocycles. The summed E-state index contributed by atoms with van der Waals surface area (Å²) in [7, 11) is 4.04. The van der Waals surface area contributed by atoms with Crippen molar-refractivity contribution in [3.05, 3.63) is 0 Å². The molecule has 2 N–H and O–H groups in total. The summed E-state index contributed by atoms with van der Waals surface area (Å²) in [4.78, 5) is 9.26. The molecule has 0 bridgehead atoms. The molecular formula is C19H40IN5O2. The van der Waals surface area contributed by atoms with Gasteiger partial charge in [-0.25, -0.2) is 0 Å². The smallest absolute Gasteiger partial charge is 0.191 e. The minimum absolute atomic E-state index is 0. The van der Waals surface area contributed by atoms with Crippen molar-refractivity contribution in [2.24, 2.45) is 10.9 Å². The van der Waals surface area contributed by atoms with Gasteiger partial charge in [-0.2, -0.15) is 0 Å². The van der Waals surface area contributed by atoms with E-state index in [4.69, 9.17) is 9.47 Å². The van der Waals surface area contributed by atoms with E-state index in [1.165, 1.54) is 26.1 Å². The third-order valence-corrected chi connectivity index (χ3v) is 5.21. The maximum absolute atomic E-state index is 5.80. The number of hydrogen-bond acceptors (Lipinski definition) is 5. The Balaban J connectivity index is 0.00000364. The van der Waals surface area contributed by atoms with Gasteiger partial charge >= 0.3 is 0 Å². The van der Waals surface area contributed by atoms with E-state index in [1.54, 1.807) is 0 Å². The number of hydrogen-bond donors (Lipinski definition) is 2. The Morgan fingerprint density at radius 1 is 1.11 bits per heavy atom. The second-order valence-electron chi connectivity index (χ2n) is 7.41. The lowest BCUT2D eigenvalue weighted by molar-refractivity contribution is 0.0203. The van der Waals surface area contributed by atoms with E-state index >= 15 is 0 Å². The molecular weight excluding hydrogens is 457 g/mol. The first-order valence-electron chi connectivity index (χ1n) is 10.3. The zero-order chi connectivity index (χ0) is 18.5. The fraction of sp³-hybridized carbons (Fsp3) is 0.947. The molecule has 27 heavy (non-hydrogen) atoms. The van der Waals surface area contributed by atoms with E-state index in [0.717, 1.165) is 77.8 Å². The van der Waals surface area contributed by atoms with Crippen molar-refractivity contribution in [1.29, 1.82) is 0 Å². The second-order valence-corrected chi connectivity index (χ2v) is 7.41. The molecule has 0 unspecified atom stereocenters. The van der Waals surface area contributed by atoms with Crippen LogP contribution in [0.3, 0.4) is 0 Å². The molecule has 0 aromatic carbocycles. The molecule has 2 fully saturated rings. The lowest BCUT2D eigenvalue weighted by Crippen LogP contribution is -2.42. The van der Waals surface area contributed by atoms with Crippen LogP contribution < -0.4 is 10.6 Å². The highest BCUT2D eigenvalue weighted by molar-refractivity contribution is 14.0. The van der Waals surface area contributed by atoms with E-state index < -0.39 is 0 Å². The largest absolute Gasteiger partial charge is 0.381 e. The molecule has 0 atom stereocenters. The minimum atomic E-state index is 0. The number of nitrogens with one attached hydrogen (secondary N) is 2. The van der Waals surface area contributed by atoms with Gasteiger partial charge in [0.25, 0.3) is 0 Å². The summed E-state index contributed by atoms with van der Waals surface area (Å²) in [5.41, 5.74) is 0. The number of ether oxygens (including phenoxy) is 2. The Morgan fingerprint density at radius 2 is 1.89 bits per heavy atom. The number of guanidine groups is 1. The third-order valence-electron chi connectivity index (χ3n) is 5.21. The molecule has 7 nitrogen and oxygen atoms in total. The molecule has 0 aliphatic carbocycles. The molecule has 0 spiro atoms. The zero-order valence-corrected chi connectivity index (χ0v) is 19.6. The standard InChI is InChI=1S/C19H39N5O2.HI/c1-20-19(22-8-11-24-10-4-9-23(2)12-13-24)21-7-3-14-26-17-18-5-15-25-16-6-18;/h18H,3-17H2,1-2H3,(H2,20,21,22);1H. The minimum Gasteiger partial charge on any atom is -0.381 e. The summed E-state index contributed by atoms with van der Waals surface area (Å²) in [5, 5.41) is 6.80. The van der Waals surface area contributed by atoms with Crippen molar-refractivity contribution in [3.8, 4) is 0 Å².